The number of hydrogen-bond donors (Lipinski definition) is 3. The summed E-state index contributed by atoms with van der Waals surface area (Å²) >= 11 is 0. The molecule has 0 aliphatic heterocycles. The van der Waals surface area contributed by atoms with Gasteiger partial charge < -0.3 is 20.6 Å². The number of carboxylic acid groups (broad SMARTS) is 1. The van der Waals surface area contributed by atoms with Crippen molar-refractivity contribution < 1.29 is 19.5 Å². The molecule has 0 spiro atoms. The Balaban J connectivity index is 2.50. The van der Waals surface area contributed by atoms with Crippen molar-refractivity contribution in [2.24, 2.45) is 5.92 Å². The Hall–Kier alpha value is -1.79. The van der Waals surface area contributed by atoms with Gasteiger partial charge in [-0.3, -0.25) is 9.59 Å². The lowest BCUT2D eigenvalue weighted by Crippen LogP contribution is -2.48. The lowest BCUT2D eigenvalue weighted by Gasteiger charge is -2.24. The third kappa shape index (κ3) is 4.71. The molecule has 2 unspecified atom stereocenters. The minimum Gasteiger partial charge on any atom is -0.481 e. The molecule has 0 aromatic rings. The number of carbonyl (C=O) groups excluding carboxylic acids is 2. The lowest BCUT2D eigenvalue weighted by atomic mass is 10.1. The van der Waals surface area contributed by atoms with Gasteiger partial charge in [0.2, 0.25) is 5.91 Å². The van der Waals surface area contributed by atoms with Crippen molar-refractivity contribution >= 4 is 17.9 Å². The summed E-state index contributed by atoms with van der Waals surface area (Å²) in [6, 6.07) is -0.417. The summed E-state index contributed by atoms with van der Waals surface area (Å²) in [7, 11) is 1.53. The SMILES string of the molecule is CCCN(CC(=O)NC)C(=O)NC1CCC(C(=O)O)C1. The van der Waals surface area contributed by atoms with E-state index < -0.39 is 5.97 Å². The number of amides is 3. The zero-order valence-electron chi connectivity index (χ0n) is 12.0. The van der Waals surface area contributed by atoms with Crippen molar-refractivity contribution in [2.45, 2.75) is 38.6 Å². The molecule has 1 aliphatic carbocycles. The average molecular weight is 285 g/mol. The second-order valence-electron chi connectivity index (χ2n) is 5.09. The predicted octanol–water partition coefficient (Wildman–Crippen LogP) is 0.407. The van der Waals surface area contributed by atoms with Crippen LogP contribution in [0.15, 0.2) is 0 Å². The van der Waals surface area contributed by atoms with Crippen molar-refractivity contribution in [2.75, 3.05) is 20.1 Å². The molecule has 0 aromatic carbocycles. The molecule has 20 heavy (non-hydrogen) atoms. The van der Waals surface area contributed by atoms with Crippen molar-refractivity contribution in [1.82, 2.24) is 15.5 Å². The van der Waals surface area contributed by atoms with Gasteiger partial charge in [0.1, 0.15) is 6.54 Å². The van der Waals surface area contributed by atoms with Crippen LogP contribution in [0.3, 0.4) is 0 Å². The van der Waals surface area contributed by atoms with Crippen molar-refractivity contribution in [1.29, 1.82) is 0 Å². The molecule has 0 aromatic heterocycles. The van der Waals surface area contributed by atoms with Gasteiger partial charge in [0.15, 0.2) is 0 Å². The zero-order chi connectivity index (χ0) is 15.1. The fraction of sp³-hybridized carbons (Fsp3) is 0.769. The maximum Gasteiger partial charge on any atom is 0.318 e. The minimum absolute atomic E-state index is 0.0191. The van der Waals surface area contributed by atoms with Crippen LogP contribution in [-0.4, -0.2) is 54.1 Å². The number of carbonyl (C=O) groups is 3. The summed E-state index contributed by atoms with van der Waals surface area (Å²) in [6.45, 7) is 2.44. The molecule has 1 rings (SSSR count). The van der Waals surface area contributed by atoms with E-state index in [4.69, 9.17) is 5.11 Å². The minimum atomic E-state index is -0.808. The van der Waals surface area contributed by atoms with E-state index in [1.165, 1.54) is 11.9 Å². The van der Waals surface area contributed by atoms with E-state index in [1.807, 2.05) is 6.92 Å². The summed E-state index contributed by atoms with van der Waals surface area (Å²) in [4.78, 5) is 35.8. The monoisotopic (exact) mass is 285 g/mol. The van der Waals surface area contributed by atoms with Gasteiger partial charge in [0.05, 0.1) is 5.92 Å². The third-order valence-electron chi connectivity index (χ3n) is 3.50. The van der Waals surface area contributed by atoms with Crippen molar-refractivity contribution in [3.8, 4) is 0 Å². The molecular formula is C13H23N3O4. The molecule has 2 atom stereocenters. The highest BCUT2D eigenvalue weighted by Gasteiger charge is 2.31. The second kappa shape index (κ2) is 7.72. The Morgan fingerprint density at radius 3 is 2.50 bits per heavy atom. The molecular weight excluding hydrogens is 262 g/mol. The normalized spacial score (nSPS) is 21.3. The fourth-order valence-electron chi connectivity index (χ4n) is 2.38. The van der Waals surface area contributed by atoms with E-state index in [0.29, 0.717) is 25.8 Å². The molecule has 7 heteroatoms. The van der Waals surface area contributed by atoms with Crippen LogP contribution in [0.1, 0.15) is 32.6 Å². The van der Waals surface area contributed by atoms with E-state index in [0.717, 1.165) is 6.42 Å². The number of urea groups is 1. The Kier molecular flexibility index (Phi) is 6.27. The van der Waals surface area contributed by atoms with Crippen molar-refractivity contribution in [3.63, 3.8) is 0 Å². The van der Waals surface area contributed by atoms with Crippen LogP contribution < -0.4 is 10.6 Å². The van der Waals surface area contributed by atoms with Gasteiger partial charge in [-0.1, -0.05) is 6.92 Å². The first-order valence-corrected chi connectivity index (χ1v) is 6.96. The zero-order valence-corrected chi connectivity index (χ0v) is 12.0. The van der Waals surface area contributed by atoms with Crippen LogP contribution in [-0.2, 0) is 9.59 Å². The summed E-state index contributed by atoms with van der Waals surface area (Å²) in [6.07, 6.45) is 2.47. The molecule has 3 amide bonds. The van der Waals surface area contributed by atoms with E-state index >= 15 is 0 Å². The Labute approximate surface area is 118 Å². The Morgan fingerprint density at radius 1 is 1.30 bits per heavy atom. The van der Waals surface area contributed by atoms with E-state index in [2.05, 4.69) is 10.6 Å². The second-order valence-corrected chi connectivity index (χ2v) is 5.09. The molecule has 0 bridgehead atoms. The van der Waals surface area contributed by atoms with Gasteiger partial charge >= 0.3 is 12.0 Å². The van der Waals surface area contributed by atoms with E-state index in [-0.39, 0.29) is 30.4 Å². The van der Waals surface area contributed by atoms with Crippen LogP contribution in [0.4, 0.5) is 4.79 Å². The largest absolute Gasteiger partial charge is 0.481 e. The van der Waals surface area contributed by atoms with Crippen molar-refractivity contribution in [3.05, 3.63) is 0 Å². The summed E-state index contributed by atoms with van der Waals surface area (Å²) in [5.41, 5.74) is 0. The first kappa shape index (κ1) is 16.3. The molecule has 3 N–H and O–H groups in total. The molecule has 1 aliphatic rings. The highest BCUT2D eigenvalue weighted by atomic mass is 16.4. The van der Waals surface area contributed by atoms with Gasteiger partial charge in [-0.05, 0) is 25.7 Å². The molecule has 1 saturated carbocycles. The summed E-state index contributed by atoms with van der Waals surface area (Å²) < 4.78 is 0. The van der Waals surface area contributed by atoms with Crippen LogP contribution in [0.25, 0.3) is 0 Å². The number of hydrogen-bond acceptors (Lipinski definition) is 3. The maximum atomic E-state index is 12.1. The standard InChI is InChI=1S/C13H23N3O4/c1-3-6-16(8-11(17)14-2)13(20)15-10-5-4-9(7-10)12(18)19/h9-10H,3-8H2,1-2H3,(H,14,17)(H,15,20)(H,18,19). The van der Waals surface area contributed by atoms with Gasteiger partial charge in [-0.2, -0.15) is 0 Å². The topological polar surface area (TPSA) is 98.7 Å². The van der Waals surface area contributed by atoms with Gasteiger partial charge in [-0.25, -0.2) is 4.79 Å². The lowest BCUT2D eigenvalue weighted by molar-refractivity contribution is -0.141. The maximum absolute atomic E-state index is 12.1. The van der Waals surface area contributed by atoms with Crippen LogP contribution in [0.5, 0.6) is 0 Å². The Morgan fingerprint density at radius 2 is 2.00 bits per heavy atom. The molecule has 114 valence electrons. The summed E-state index contributed by atoms with van der Waals surface area (Å²) in [5, 5.41) is 14.2. The van der Waals surface area contributed by atoms with Gasteiger partial charge in [0, 0.05) is 19.6 Å². The molecule has 1 fully saturated rings. The quantitative estimate of drug-likeness (QED) is 0.658. The van der Waals surface area contributed by atoms with Crippen LogP contribution in [0, 0.1) is 5.92 Å². The number of aliphatic carboxylic acids is 1. The third-order valence-corrected chi connectivity index (χ3v) is 3.50. The first-order chi connectivity index (χ1) is 9.47. The van der Waals surface area contributed by atoms with E-state index in [9.17, 15) is 14.4 Å². The highest BCUT2D eigenvalue weighted by Crippen LogP contribution is 2.25. The number of nitrogens with zero attached hydrogens (tertiary/aromatic N) is 1. The molecule has 0 heterocycles. The molecule has 0 saturated heterocycles. The van der Waals surface area contributed by atoms with Crippen LogP contribution in [0.2, 0.25) is 0 Å². The highest BCUT2D eigenvalue weighted by molar-refractivity contribution is 5.84. The van der Waals surface area contributed by atoms with Gasteiger partial charge in [-0.15, -0.1) is 0 Å². The summed E-state index contributed by atoms with van der Waals surface area (Å²) in [5.74, 6) is -1.40. The first-order valence-electron chi connectivity index (χ1n) is 6.96. The number of nitrogens with one attached hydrogen (secondary N) is 2. The smallest absolute Gasteiger partial charge is 0.318 e. The number of carboxylic acids is 1. The number of likely N-dealkylation sites (N-methyl/N-ethyl adjacent to an activating group) is 1. The van der Waals surface area contributed by atoms with Crippen LogP contribution >= 0.6 is 0 Å². The van der Waals surface area contributed by atoms with Gasteiger partial charge in [0.25, 0.3) is 0 Å². The predicted molar refractivity (Wildman–Crippen MR) is 73.2 cm³/mol. The Bertz CT molecular complexity index is 373. The average Bonchev–Trinajstić information content (AvgIpc) is 2.86. The fourth-order valence-corrected chi connectivity index (χ4v) is 2.38. The van der Waals surface area contributed by atoms with E-state index in [1.54, 1.807) is 0 Å². The molecule has 0 radical (unpaired) electrons. The number of rotatable bonds is 6. The molecule has 7 nitrogen and oxygen atoms in total.